The fourth-order valence-corrected chi connectivity index (χ4v) is 2.61. The van der Waals surface area contributed by atoms with Crippen LogP contribution in [0.4, 0.5) is 14.5 Å². The number of hydrogen-bond acceptors (Lipinski definition) is 2. The molecule has 2 nitrogen and oxygen atoms in total. The molecule has 0 radical (unpaired) electrons. The van der Waals surface area contributed by atoms with E-state index in [-0.39, 0.29) is 18.1 Å². The first-order valence-electron chi connectivity index (χ1n) is 6.58. The zero-order chi connectivity index (χ0) is 15.0. The van der Waals surface area contributed by atoms with Gasteiger partial charge in [-0.15, -0.1) is 12.4 Å². The summed E-state index contributed by atoms with van der Waals surface area (Å²) in [6.45, 7) is 0.330. The first kappa shape index (κ1) is 17.3. The van der Waals surface area contributed by atoms with Crippen LogP contribution >= 0.6 is 35.6 Å². The topological polar surface area (TPSA) is 24.9 Å². The number of anilines is 1. The van der Waals surface area contributed by atoms with E-state index in [2.05, 4.69) is 10.3 Å². The second-order valence-corrected chi connectivity index (χ2v) is 5.85. The quantitative estimate of drug-likeness (QED) is 0.716. The van der Waals surface area contributed by atoms with Crippen LogP contribution in [0.15, 0.2) is 24.4 Å². The molecule has 118 valence electrons. The summed E-state index contributed by atoms with van der Waals surface area (Å²) >= 11 is 11.7. The molecule has 0 amide bonds. The molecule has 1 N–H and O–H groups in total. The van der Waals surface area contributed by atoms with E-state index in [4.69, 9.17) is 23.2 Å². The second kappa shape index (κ2) is 6.99. The molecule has 0 saturated heterocycles. The first-order valence-corrected chi connectivity index (χ1v) is 7.33. The van der Waals surface area contributed by atoms with Gasteiger partial charge in [0.05, 0.1) is 16.4 Å². The van der Waals surface area contributed by atoms with Crippen molar-refractivity contribution in [3.05, 3.63) is 57.3 Å². The average Bonchev–Trinajstić information content (AvgIpc) is 3.29. The lowest BCUT2D eigenvalue weighted by Gasteiger charge is -2.10. The van der Waals surface area contributed by atoms with Crippen LogP contribution in [-0.4, -0.2) is 4.98 Å². The van der Waals surface area contributed by atoms with E-state index < -0.39 is 16.7 Å². The third-order valence-corrected chi connectivity index (χ3v) is 4.06. The van der Waals surface area contributed by atoms with Gasteiger partial charge in [0, 0.05) is 18.7 Å². The molecule has 1 aromatic carbocycles. The molecular weight excluding hydrogens is 353 g/mol. The van der Waals surface area contributed by atoms with Crippen molar-refractivity contribution in [1.82, 2.24) is 4.98 Å². The zero-order valence-corrected chi connectivity index (χ0v) is 13.7. The van der Waals surface area contributed by atoms with E-state index in [1.165, 1.54) is 6.07 Å². The van der Waals surface area contributed by atoms with Crippen LogP contribution in [0.5, 0.6) is 0 Å². The molecule has 7 heteroatoms. The lowest BCUT2D eigenvalue weighted by molar-refractivity contribution is 0.586. The van der Waals surface area contributed by atoms with E-state index in [0.29, 0.717) is 17.5 Å². The highest BCUT2D eigenvalue weighted by Crippen LogP contribution is 2.42. The lowest BCUT2D eigenvalue weighted by Crippen LogP contribution is -2.03. The van der Waals surface area contributed by atoms with Crippen LogP contribution in [0, 0.1) is 11.6 Å². The van der Waals surface area contributed by atoms with Crippen LogP contribution in [-0.2, 0) is 6.54 Å². The number of pyridine rings is 1. The van der Waals surface area contributed by atoms with Gasteiger partial charge >= 0.3 is 0 Å². The average molecular weight is 366 g/mol. The Hall–Kier alpha value is -1.10. The summed E-state index contributed by atoms with van der Waals surface area (Å²) in [6, 6.07) is 4.25. The first-order chi connectivity index (χ1) is 10.1. The molecular formula is C15H13Cl3F2N2. The number of aromatic nitrogens is 1. The van der Waals surface area contributed by atoms with Crippen LogP contribution in [0.25, 0.3) is 0 Å². The van der Waals surface area contributed by atoms with Gasteiger partial charge in [-0.2, -0.15) is 0 Å². The minimum atomic E-state index is -0.801. The Kier molecular flexibility index (Phi) is 5.48. The van der Waals surface area contributed by atoms with E-state index >= 15 is 0 Å². The molecule has 1 fully saturated rings. The molecule has 0 aliphatic heterocycles. The van der Waals surface area contributed by atoms with Gasteiger partial charge in [0.2, 0.25) is 0 Å². The van der Waals surface area contributed by atoms with E-state index in [9.17, 15) is 8.78 Å². The third-order valence-electron chi connectivity index (χ3n) is 3.41. The fourth-order valence-electron chi connectivity index (χ4n) is 2.10. The second-order valence-electron chi connectivity index (χ2n) is 5.06. The maximum atomic E-state index is 13.7. The smallest absolute Gasteiger partial charge is 0.167 e. The zero-order valence-electron chi connectivity index (χ0n) is 11.4. The third kappa shape index (κ3) is 3.62. The van der Waals surface area contributed by atoms with Gasteiger partial charge in [-0.1, -0.05) is 23.2 Å². The fraction of sp³-hybridized carbons (Fsp3) is 0.267. The van der Waals surface area contributed by atoms with Crippen molar-refractivity contribution in [2.24, 2.45) is 0 Å². The monoisotopic (exact) mass is 364 g/mol. The summed E-state index contributed by atoms with van der Waals surface area (Å²) in [5, 5.41) is 2.98. The molecule has 0 spiro atoms. The summed E-state index contributed by atoms with van der Waals surface area (Å²) < 4.78 is 26.8. The van der Waals surface area contributed by atoms with Gasteiger partial charge in [0.25, 0.3) is 0 Å². The van der Waals surface area contributed by atoms with Gasteiger partial charge in [0.1, 0.15) is 10.8 Å². The van der Waals surface area contributed by atoms with Crippen molar-refractivity contribution >= 4 is 41.3 Å². The van der Waals surface area contributed by atoms with Crippen LogP contribution < -0.4 is 5.32 Å². The maximum Gasteiger partial charge on any atom is 0.167 e. The number of hydrogen-bond donors (Lipinski definition) is 1. The molecule has 1 aliphatic rings. The predicted octanol–water partition coefficient (Wildman–Crippen LogP) is 5.58. The summed E-state index contributed by atoms with van der Waals surface area (Å²) in [6.07, 6.45) is 3.97. The summed E-state index contributed by atoms with van der Waals surface area (Å²) in [4.78, 5) is 4.35. The molecule has 0 atom stereocenters. The van der Waals surface area contributed by atoms with Gasteiger partial charge in [0.15, 0.2) is 5.82 Å². The van der Waals surface area contributed by atoms with Crippen molar-refractivity contribution < 1.29 is 8.78 Å². The van der Waals surface area contributed by atoms with E-state index in [1.54, 1.807) is 6.20 Å². The summed E-state index contributed by atoms with van der Waals surface area (Å²) in [5.41, 5.74) is 1.89. The van der Waals surface area contributed by atoms with E-state index in [0.717, 1.165) is 30.2 Å². The number of halogens is 5. The number of nitrogens with one attached hydrogen (secondary N) is 1. The van der Waals surface area contributed by atoms with Crippen molar-refractivity contribution in [3.8, 4) is 0 Å². The Morgan fingerprint density at radius 1 is 1.23 bits per heavy atom. The van der Waals surface area contributed by atoms with Crippen LogP contribution in [0.1, 0.15) is 30.0 Å². The summed E-state index contributed by atoms with van der Waals surface area (Å²) in [5.74, 6) is -1.10. The molecule has 2 aromatic rings. The minimum Gasteiger partial charge on any atom is -0.378 e. The SMILES string of the molecule is Cl.Fc1ccc(NCc2cnc(C3CC3)c(Cl)c2)c(F)c1Cl. The molecule has 1 heterocycles. The Bertz CT molecular complexity index is 691. The predicted molar refractivity (Wildman–Crippen MR) is 87.2 cm³/mol. The molecule has 0 unspecified atom stereocenters. The molecule has 1 aromatic heterocycles. The number of nitrogens with zero attached hydrogens (tertiary/aromatic N) is 1. The highest BCUT2D eigenvalue weighted by Gasteiger charge is 2.27. The van der Waals surface area contributed by atoms with Crippen molar-refractivity contribution in [1.29, 1.82) is 0 Å². The Balaban J connectivity index is 0.00000176. The van der Waals surface area contributed by atoms with Gasteiger partial charge in [-0.05, 0) is 36.6 Å². The highest BCUT2D eigenvalue weighted by atomic mass is 35.5. The Morgan fingerprint density at radius 2 is 1.95 bits per heavy atom. The molecule has 1 saturated carbocycles. The lowest BCUT2D eigenvalue weighted by atomic mass is 10.2. The number of rotatable bonds is 4. The standard InChI is InChI=1S/C15H12Cl2F2N2.ClH/c16-10-5-8(7-21-15(10)9-1-2-9)6-20-12-4-3-11(18)13(17)14(12)19;/h3-5,7,9,20H,1-2,6H2;1H. The Labute approximate surface area is 143 Å². The molecule has 3 rings (SSSR count). The Morgan fingerprint density at radius 3 is 2.59 bits per heavy atom. The van der Waals surface area contributed by atoms with Crippen LogP contribution in [0.2, 0.25) is 10.0 Å². The van der Waals surface area contributed by atoms with Crippen molar-refractivity contribution in [3.63, 3.8) is 0 Å². The van der Waals surface area contributed by atoms with Crippen molar-refractivity contribution in [2.75, 3.05) is 5.32 Å². The minimum absolute atomic E-state index is 0. The van der Waals surface area contributed by atoms with Gasteiger partial charge in [-0.3, -0.25) is 4.98 Å². The van der Waals surface area contributed by atoms with E-state index in [1.807, 2.05) is 6.07 Å². The summed E-state index contributed by atoms with van der Waals surface area (Å²) in [7, 11) is 0. The van der Waals surface area contributed by atoms with Crippen LogP contribution in [0.3, 0.4) is 0 Å². The molecule has 1 aliphatic carbocycles. The largest absolute Gasteiger partial charge is 0.378 e. The number of benzene rings is 1. The van der Waals surface area contributed by atoms with Gasteiger partial charge in [-0.25, -0.2) is 8.78 Å². The highest BCUT2D eigenvalue weighted by molar-refractivity contribution is 6.31. The molecule has 22 heavy (non-hydrogen) atoms. The van der Waals surface area contributed by atoms with Crippen molar-refractivity contribution in [2.45, 2.75) is 25.3 Å². The van der Waals surface area contributed by atoms with Gasteiger partial charge < -0.3 is 5.32 Å². The normalized spacial score (nSPS) is 13.6. The molecule has 0 bridgehead atoms. The maximum absolute atomic E-state index is 13.7.